The molecule has 0 amide bonds. The fourth-order valence-electron chi connectivity index (χ4n) is 1.69. The number of rotatable bonds is 4. The summed E-state index contributed by atoms with van der Waals surface area (Å²) in [6, 6.07) is 9.61. The minimum absolute atomic E-state index is 0.318. The van der Waals surface area contributed by atoms with Gasteiger partial charge >= 0.3 is 5.97 Å². The highest BCUT2D eigenvalue weighted by molar-refractivity contribution is 9.11. The molecule has 0 radical (unpaired) electrons. The summed E-state index contributed by atoms with van der Waals surface area (Å²) in [6.07, 6.45) is 0. The second-order valence-electron chi connectivity index (χ2n) is 4.08. The van der Waals surface area contributed by atoms with Gasteiger partial charge in [0.25, 0.3) is 0 Å². The van der Waals surface area contributed by atoms with Gasteiger partial charge in [-0.1, -0.05) is 6.07 Å². The van der Waals surface area contributed by atoms with E-state index in [1.165, 1.54) is 12.0 Å². The molecule has 19 heavy (non-hydrogen) atoms. The fraction of sp³-hybridized carbons (Fsp3) is 0.214. The number of halogens is 1. The van der Waals surface area contributed by atoms with Crippen LogP contribution in [0.2, 0.25) is 0 Å². The molecule has 1 aromatic carbocycles. The molecule has 0 unspecified atom stereocenters. The Morgan fingerprint density at radius 1 is 1.37 bits per heavy atom. The van der Waals surface area contributed by atoms with Gasteiger partial charge in [-0.2, -0.15) is 0 Å². The number of carbonyl (C=O) groups excluding carboxylic acids is 1. The molecule has 0 aliphatic carbocycles. The van der Waals surface area contributed by atoms with E-state index >= 15 is 0 Å². The second kappa shape index (κ2) is 6.21. The fourth-order valence-corrected chi connectivity index (χ4v) is 3.11. The van der Waals surface area contributed by atoms with E-state index in [1.807, 2.05) is 25.1 Å². The van der Waals surface area contributed by atoms with E-state index in [4.69, 9.17) is 4.74 Å². The maximum Gasteiger partial charge on any atom is 0.337 e. The van der Waals surface area contributed by atoms with Gasteiger partial charge in [0.05, 0.1) is 16.5 Å². The van der Waals surface area contributed by atoms with E-state index in [9.17, 15) is 4.79 Å². The third-order valence-corrected chi connectivity index (χ3v) is 4.36. The van der Waals surface area contributed by atoms with Gasteiger partial charge in [0.15, 0.2) is 0 Å². The molecule has 2 aromatic rings. The zero-order chi connectivity index (χ0) is 13.8. The topological polar surface area (TPSA) is 38.3 Å². The van der Waals surface area contributed by atoms with E-state index in [0.29, 0.717) is 5.56 Å². The van der Waals surface area contributed by atoms with E-state index in [2.05, 4.69) is 27.3 Å². The van der Waals surface area contributed by atoms with Crippen molar-refractivity contribution in [2.24, 2.45) is 0 Å². The Hall–Kier alpha value is -1.33. The van der Waals surface area contributed by atoms with Crippen molar-refractivity contribution in [1.29, 1.82) is 0 Å². The lowest BCUT2D eigenvalue weighted by atomic mass is 10.1. The Balaban J connectivity index is 2.12. The highest BCUT2D eigenvalue weighted by Gasteiger charge is 2.08. The Kier molecular flexibility index (Phi) is 4.61. The van der Waals surface area contributed by atoms with Crippen LogP contribution < -0.4 is 5.32 Å². The normalized spacial score (nSPS) is 10.3. The predicted molar refractivity (Wildman–Crippen MR) is 81.9 cm³/mol. The van der Waals surface area contributed by atoms with Crippen LogP contribution in [-0.2, 0) is 11.3 Å². The van der Waals surface area contributed by atoms with Crippen LogP contribution in [0.15, 0.2) is 34.1 Å². The molecule has 2 rings (SSSR count). The van der Waals surface area contributed by atoms with Crippen molar-refractivity contribution in [3.63, 3.8) is 0 Å². The Morgan fingerprint density at radius 2 is 2.16 bits per heavy atom. The van der Waals surface area contributed by atoms with Crippen molar-refractivity contribution < 1.29 is 9.53 Å². The summed E-state index contributed by atoms with van der Waals surface area (Å²) in [5.41, 5.74) is 2.61. The van der Waals surface area contributed by atoms with Gasteiger partial charge < -0.3 is 10.1 Å². The Bertz CT molecular complexity index is 595. The molecule has 100 valence electrons. The molecule has 0 bridgehead atoms. The summed E-state index contributed by atoms with van der Waals surface area (Å²) in [6.45, 7) is 2.75. The van der Waals surface area contributed by atoms with Crippen molar-refractivity contribution >= 4 is 38.9 Å². The highest BCUT2D eigenvalue weighted by atomic mass is 79.9. The SMILES string of the molecule is COC(=O)c1ccc(C)c(NCc2ccc(Br)s2)c1. The van der Waals surface area contributed by atoms with Crippen LogP contribution >= 0.6 is 27.3 Å². The molecule has 1 aromatic heterocycles. The summed E-state index contributed by atoms with van der Waals surface area (Å²) in [4.78, 5) is 12.7. The first-order valence-electron chi connectivity index (χ1n) is 5.77. The number of nitrogens with one attached hydrogen (secondary N) is 1. The molecule has 0 atom stereocenters. The smallest absolute Gasteiger partial charge is 0.337 e. The summed E-state index contributed by atoms with van der Waals surface area (Å²) in [5.74, 6) is -0.318. The van der Waals surface area contributed by atoms with Gasteiger partial charge in [0.1, 0.15) is 0 Å². The number of aryl methyl sites for hydroxylation is 1. The van der Waals surface area contributed by atoms with Crippen molar-refractivity contribution in [1.82, 2.24) is 0 Å². The number of anilines is 1. The molecule has 0 saturated carbocycles. The summed E-state index contributed by atoms with van der Waals surface area (Å²) in [5, 5.41) is 3.34. The minimum Gasteiger partial charge on any atom is -0.465 e. The molecule has 0 spiro atoms. The molecule has 1 N–H and O–H groups in total. The number of hydrogen-bond donors (Lipinski definition) is 1. The number of ether oxygens (including phenoxy) is 1. The van der Waals surface area contributed by atoms with Crippen LogP contribution in [-0.4, -0.2) is 13.1 Å². The maximum absolute atomic E-state index is 11.5. The molecule has 0 fully saturated rings. The highest BCUT2D eigenvalue weighted by Crippen LogP contribution is 2.24. The molecule has 0 aliphatic rings. The monoisotopic (exact) mass is 339 g/mol. The van der Waals surface area contributed by atoms with E-state index in [-0.39, 0.29) is 5.97 Å². The van der Waals surface area contributed by atoms with Gasteiger partial charge in [-0.3, -0.25) is 0 Å². The second-order valence-corrected chi connectivity index (χ2v) is 6.63. The van der Waals surface area contributed by atoms with Crippen LogP contribution in [0.5, 0.6) is 0 Å². The van der Waals surface area contributed by atoms with Gasteiger partial charge in [0.2, 0.25) is 0 Å². The van der Waals surface area contributed by atoms with Gasteiger partial charge in [-0.05, 0) is 52.7 Å². The maximum atomic E-state index is 11.5. The lowest BCUT2D eigenvalue weighted by Crippen LogP contribution is -2.04. The molecule has 1 heterocycles. The van der Waals surface area contributed by atoms with Crippen LogP contribution in [0, 0.1) is 6.92 Å². The van der Waals surface area contributed by atoms with Crippen molar-refractivity contribution in [3.8, 4) is 0 Å². The molecule has 5 heteroatoms. The zero-order valence-electron chi connectivity index (χ0n) is 10.7. The molecule has 3 nitrogen and oxygen atoms in total. The van der Waals surface area contributed by atoms with Crippen LogP contribution in [0.3, 0.4) is 0 Å². The first-order chi connectivity index (χ1) is 9.10. The lowest BCUT2D eigenvalue weighted by molar-refractivity contribution is 0.0601. The first-order valence-corrected chi connectivity index (χ1v) is 7.38. The number of benzene rings is 1. The average Bonchev–Trinajstić information content (AvgIpc) is 2.82. The van der Waals surface area contributed by atoms with Crippen LogP contribution in [0.4, 0.5) is 5.69 Å². The third kappa shape index (κ3) is 3.58. The predicted octanol–water partition coefficient (Wildman–Crippen LogP) is 4.22. The van der Waals surface area contributed by atoms with Gasteiger partial charge in [-0.15, -0.1) is 11.3 Å². The quantitative estimate of drug-likeness (QED) is 0.847. The van der Waals surface area contributed by atoms with Crippen LogP contribution in [0.25, 0.3) is 0 Å². The van der Waals surface area contributed by atoms with Gasteiger partial charge in [0, 0.05) is 17.1 Å². The average molecular weight is 340 g/mol. The van der Waals surface area contributed by atoms with Gasteiger partial charge in [-0.25, -0.2) is 4.79 Å². The number of methoxy groups -OCH3 is 1. The summed E-state index contributed by atoms with van der Waals surface area (Å²) >= 11 is 5.13. The molecular weight excluding hydrogens is 326 g/mol. The number of hydrogen-bond acceptors (Lipinski definition) is 4. The number of esters is 1. The lowest BCUT2D eigenvalue weighted by Gasteiger charge is -2.10. The number of thiophene rings is 1. The largest absolute Gasteiger partial charge is 0.465 e. The Morgan fingerprint density at radius 3 is 2.79 bits per heavy atom. The molecule has 0 aliphatic heterocycles. The van der Waals surface area contributed by atoms with Crippen molar-refractivity contribution in [2.45, 2.75) is 13.5 Å². The standard InChI is InChI=1S/C14H14BrNO2S/c1-9-3-4-10(14(17)18-2)7-12(9)16-8-11-5-6-13(15)19-11/h3-7,16H,8H2,1-2H3. The Labute approximate surface area is 124 Å². The third-order valence-electron chi connectivity index (χ3n) is 2.74. The van der Waals surface area contributed by atoms with Crippen molar-refractivity contribution in [3.05, 3.63) is 50.1 Å². The summed E-state index contributed by atoms with van der Waals surface area (Å²) < 4.78 is 5.84. The van der Waals surface area contributed by atoms with Crippen LogP contribution in [0.1, 0.15) is 20.8 Å². The van der Waals surface area contributed by atoms with E-state index in [0.717, 1.165) is 21.6 Å². The van der Waals surface area contributed by atoms with Crippen molar-refractivity contribution in [2.75, 3.05) is 12.4 Å². The molecule has 0 saturated heterocycles. The number of carbonyl (C=O) groups is 1. The minimum atomic E-state index is -0.318. The molecular formula is C14H14BrNO2S. The first kappa shape index (κ1) is 14.1. The van der Waals surface area contributed by atoms with E-state index in [1.54, 1.807) is 17.4 Å². The summed E-state index contributed by atoms with van der Waals surface area (Å²) in [7, 11) is 1.39. The van der Waals surface area contributed by atoms with E-state index < -0.39 is 0 Å². The zero-order valence-corrected chi connectivity index (χ0v) is 13.1.